The number of allylic oxidation sites excluding steroid dienone is 1. The fraction of sp³-hybridized carbons (Fsp3) is 0.259. The standard InChI is InChI=1S/C18H15P.C9H15Br/c1-4-10-16(11-5-1)19(17-12-6-2-7-13-17)18-14-8-3-9-15-18;1-2-3-8-4-5-9(6-8)7-10/h1-15H;2,8-9H,1,3-7H2. The average molecular weight is 465 g/mol. The van der Waals surface area contributed by atoms with E-state index in [-0.39, 0.29) is 0 Å². The van der Waals surface area contributed by atoms with Crippen molar-refractivity contribution in [1.29, 1.82) is 0 Å². The lowest BCUT2D eigenvalue weighted by molar-refractivity contribution is 0.527. The Morgan fingerprint density at radius 1 is 0.724 bits per heavy atom. The van der Waals surface area contributed by atoms with Crippen molar-refractivity contribution in [1.82, 2.24) is 0 Å². The molecule has 2 atom stereocenters. The molecule has 3 aromatic rings. The first-order valence-corrected chi connectivity index (χ1v) is 12.9. The predicted octanol–water partition coefficient (Wildman–Crippen LogP) is 6.82. The molecule has 0 aromatic heterocycles. The maximum atomic E-state index is 3.76. The molecule has 0 aliphatic heterocycles. The van der Waals surface area contributed by atoms with Gasteiger partial charge < -0.3 is 0 Å². The number of rotatable bonds is 6. The quantitative estimate of drug-likeness (QED) is 0.213. The van der Waals surface area contributed by atoms with Gasteiger partial charge in [0, 0.05) is 5.33 Å². The molecule has 0 N–H and O–H groups in total. The fourth-order valence-corrected chi connectivity index (χ4v) is 6.84. The Hall–Kier alpha value is -1.69. The van der Waals surface area contributed by atoms with E-state index >= 15 is 0 Å². The first kappa shape index (κ1) is 22.0. The highest BCUT2D eigenvalue weighted by Gasteiger charge is 2.22. The summed E-state index contributed by atoms with van der Waals surface area (Å²) in [5.41, 5.74) is 0. The molecular formula is C27H30BrP. The maximum absolute atomic E-state index is 3.76. The van der Waals surface area contributed by atoms with Crippen LogP contribution in [0.4, 0.5) is 0 Å². The highest BCUT2D eigenvalue weighted by atomic mass is 79.9. The summed E-state index contributed by atoms with van der Waals surface area (Å²) in [5.74, 6) is 1.89. The van der Waals surface area contributed by atoms with Crippen LogP contribution in [-0.4, -0.2) is 5.33 Å². The molecule has 0 bridgehead atoms. The van der Waals surface area contributed by atoms with Crippen molar-refractivity contribution in [3.63, 3.8) is 0 Å². The number of hydrogen-bond acceptors (Lipinski definition) is 0. The summed E-state index contributed by atoms with van der Waals surface area (Å²) in [6.07, 6.45) is 7.54. The van der Waals surface area contributed by atoms with E-state index in [1.807, 2.05) is 0 Å². The zero-order valence-electron chi connectivity index (χ0n) is 17.0. The number of hydrogen-bond donors (Lipinski definition) is 0. The second kappa shape index (κ2) is 12.1. The van der Waals surface area contributed by atoms with Crippen LogP contribution in [0, 0.1) is 11.8 Å². The summed E-state index contributed by atoms with van der Waals surface area (Å²) in [7, 11) is -0.446. The Morgan fingerprint density at radius 3 is 1.48 bits per heavy atom. The van der Waals surface area contributed by atoms with E-state index in [1.54, 1.807) is 0 Å². The molecule has 1 aliphatic rings. The van der Waals surface area contributed by atoms with Gasteiger partial charge in [-0.1, -0.05) is 113 Å². The van der Waals surface area contributed by atoms with Crippen LogP contribution in [0.15, 0.2) is 104 Å². The van der Waals surface area contributed by atoms with Gasteiger partial charge >= 0.3 is 0 Å². The molecule has 1 saturated carbocycles. The molecule has 0 spiro atoms. The van der Waals surface area contributed by atoms with Crippen molar-refractivity contribution in [2.75, 3.05) is 5.33 Å². The molecule has 0 amide bonds. The van der Waals surface area contributed by atoms with E-state index in [9.17, 15) is 0 Å². The lowest BCUT2D eigenvalue weighted by Crippen LogP contribution is -2.20. The average Bonchev–Trinajstić information content (AvgIpc) is 3.25. The van der Waals surface area contributed by atoms with E-state index in [1.165, 1.54) is 46.9 Å². The van der Waals surface area contributed by atoms with Crippen molar-refractivity contribution >= 4 is 39.8 Å². The summed E-state index contributed by atoms with van der Waals surface area (Å²) in [5, 5.41) is 5.39. The Morgan fingerprint density at radius 2 is 1.14 bits per heavy atom. The molecule has 4 rings (SSSR count). The fourth-order valence-electron chi connectivity index (χ4n) is 3.95. The van der Waals surface area contributed by atoms with Crippen molar-refractivity contribution in [3.05, 3.63) is 104 Å². The summed E-state index contributed by atoms with van der Waals surface area (Å²) in [6, 6.07) is 32.3. The third kappa shape index (κ3) is 6.66. The Balaban J connectivity index is 0.000000204. The van der Waals surface area contributed by atoms with Gasteiger partial charge in [0.15, 0.2) is 0 Å². The molecule has 0 saturated heterocycles. The van der Waals surface area contributed by atoms with Crippen molar-refractivity contribution in [2.45, 2.75) is 25.7 Å². The second-order valence-electron chi connectivity index (χ2n) is 7.57. The molecular weight excluding hydrogens is 435 g/mol. The highest BCUT2D eigenvalue weighted by Crippen LogP contribution is 2.34. The van der Waals surface area contributed by atoms with Gasteiger partial charge in [-0.05, 0) is 61.4 Å². The molecule has 0 heterocycles. The van der Waals surface area contributed by atoms with E-state index < -0.39 is 7.92 Å². The van der Waals surface area contributed by atoms with E-state index in [2.05, 4.69) is 120 Å². The molecule has 0 radical (unpaired) electrons. The van der Waals surface area contributed by atoms with Crippen LogP contribution in [0.25, 0.3) is 0 Å². The van der Waals surface area contributed by atoms with Crippen molar-refractivity contribution in [2.24, 2.45) is 11.8 Å². The Labute approximate surface area is 186 Å². The normalized spacial score (nSPS) is 18.1. The molecule has 0 nitrogen and oxygen atoms in total. The summed E-state index contributed by atoms with van der Waals surface area (Å²) in [4.78, 5) is 0. The van der Waals surface area contributed by atoms with Gasteiger partial charge in [0.05, 0.1) is 0 Å². The van der Waals surface area contributed by atoms with Crippen LogP contribution in [-0.2, 0) is 0 Å². The first-order valence-electron chi connectivity index (χ1n) is 10.4. The van der Waals surface area contributed by atoms with Crippen LogP contribution in [0.1, 0.15) is 25.7 Å². The van der Waals surface area contributed by atoms with Crippen LogP contribution >= 0.6 is 23.9 Å². The largest absolute Gasteiger partial charge is 0.103 e. The number of benzene rings is 3. The summed E-state index contributed by atoms with van der Waals surface area (Å²) < 4.78 is 0. The molecule has 3 aromatic carbocycles. The van der Waals surface area contributed by atoms with E-state index in [4.69, 9.17) is 0 Å². The number of alkyl halides is 1. The van der Waals surface area contributed by atoms with Crippen LogP contribution in [0.2, 0.25) is 0 Å². The van der Waals surface area contributed by atoms with Crippen LogP contribution < -0.4 is 15.9 Å². The SMILES string of the molecule is C=CCC1CCC(CBr)C1.c1ccc(P(c2ccccc2)c2ccccc2)cc1. The second-order valence-corrected chi connectivity index (χ2v) is 10.4. The zero-order chi connectivity index (χ0) is 20.3. The molecule has 2 unspecified atom stereocenters. The lowest BCUT2D eigenvalue weighted by Gasteiger charge is -2.18. The zero-order valence-corrected chi connectivity index (χ0v) is 19.4. The molecule has 1 fully saturated rings. The van der Waals surface area contributed by atoms with Crippen LogP contribution in [0.5, 0.6) is 0 Å². The lowest BCUT2D eigenvalue weighted by atomic mass is 10.0. The minimum absolute atomic E-state index is 0.446. The summed E-state index contributed by atoms with van der Waals surface area (Å²) in [6.45, 7) is 3.76. The third-order valence-corrected chi connectivity index (χ3v) is 8.77. The molecule has 150 valence electrons. The molecule has 29 heavy (non-hydrogen) atoms. The van der Waals surface area contributed by atoms with Crippen molar-refractivity contribution in [3.8, 4) is 0 Å². The summed E-state index contributed by atoms with van der Waals surface area (Å²) >= 11 is 3.53. The topological polar surface area (TPSA) is 0 Å². The monoisotopic (exact) mass is 464 g/mol. The predicted molar refractivity (Wildman–Crippen MR) is 135 cm³/mol. The maximum Gasteiger partial charge on any atom is 0.00597 e. The number of halogens is 1. The van der Waals surface area contributed by atoms with E-state index in [0.29, 0.717) is 0 Å². The minimum atomic E-state index is -0.446. The van der Waals surface area contributed by atoms with Crippen molar-refractivity contribution < 1.29 is 0 Å². The Kier molecular flexibility index (Phi) is 9.19. The van der Waals surface area contributed by atoms with Gasteiger partial charge in [-0.2, -0.15) is 0 Å². The smallest absolute Gasteiger partial charge is 0.00597 e. The van der Waals surface area contributed by atoms with Gasteiger partial charge in [-0.25, -0.2) is 0 Å². The first-order chi connectivity index (χ1) is 14.3. The highest BCUT2D eigenvalue weighted by molar-refractivity contribution is 9.09. The van der Waals surface area contributed by atoms with Gasteiger partial charge in [0.2, 0.25) is 0 Å². The van der Waals surface area contributed by atoms with Gasteiger partial charge in [0.25, 0.3) is 0 Å². The van der Waals surface area contributed by atoms with Crippen LogP contribution in [0.3, 0.4) is 0 Å². The Bertz CT molecular complexity index is 738. The van der Waals surface area contributed by atoms with Gasteiger partial charge in [-0.3, -0.25) is 0 Å². The molecule has 2 heteroatoms. The van der Waals surface area contributed by atoms with Gasteiger partial charge in [0.1, 0.15) is 0 Å². The molecule has 1 aliphatic carbocycles. The van der Waals surface area contributed by atoms with E-state index in [0.717, 1.165) is 11.8 Å². The third-order valence-electron chi connectivity index (χ3n) is 5.41. The minimum Gasteiger partial charge on any atom is -0.103 e. The van der Waals surface area contributed by atoms with Gasteiger partial charge in [-0.15, -0.1) is 6.58 Å².